The topological polar surface area (TPSA) is 40.5 Å². The summed E-state index contributed by atoms with van der Waals surface area (Å²) in [6, 6.07) is 12.7. The van der Waals surface area contributed by atoms with Gasteiger partial charge in [0.2, 0.25) is 0 Å². The van der Waals surface area contributed by atoms with E-state index in [-0.39, 0.29) is 0 Å². The molecule has 3 atom stereocenters. The maximum atomic E-state index is 10.3. The van der Waals surface area contributed by atoms with Crippen LogP contribution in [0.25, 0.3) is 0 Å². The second-order valence-electron chi connectivity index (χ2n) is 7.98. The van der Waals surface area contributed by atoms with E-state index >= 15 is 0 Å². The van der Waals surface area contributed by atoms with Gasteiger partial charge in [-0.2, -0.15) is 0 Å². The van der Waals surface area contributed by atoms with Crippen LogP contribution in [0.5, 0.6) is 0 Å². The van der Waals surface area contributed by atoms with Gasteiger partial charge in [-0.1, -0.05) is 63.9 Å². The average molecular weight is 346 g/mol. The quantitative estimate of drug-likeness (QED) is 0.756. The van der Waals surface area contributed by atoms with Gasteiger partial charge in [0.05, 0.1) is 0 Å². The van der Waals surface area contributed by atoms with Crippen molar-refractivity contribution >= 4 is 5.97 Å². The lowest BCUT2D eigenvalue weighted by molar-refractivity contribution is -0.138. The van der Waals surface area contributed by atoms with E-state index < -0.39 is 5.97 Å². The Morgan fingerprint density at radius 3 is 2.16 bits per heavy atom. The van der Waals surface area contributed by atoms with Gasteiger partial charge in [0.25, 0.3) is 0 Å². The van der Waals surface area contributed by atoms with E-state index in [1.807, 2.05) is 6.92 Å². The molecule has 2 aliphatic rings. The predicted molar refractivity (Wildman–Crippen MR) is 104 cm³/mol. The van der Waals surface area contributed by atoms with Gasteiger partial charge >= 0.3 is 5.97 Å². The number of rotatable bonds is 6. The number of piperidine rings is 1. The first-order valence-electron chi connectivity index (χ1n) is 10.0. The van der Waals surface area contributed by atoms with E-state index in [0.29, 0.717) is 18.3 Å². The number of nitrogens with zero attached hydrogens (tertiary/aromatic N) is 1. The molecule has 2 aliphatic heterocycles. The molecule has 0 radical (unpaired) electrons. The maximum absolute atomic E-state index is 10.3. The summed E-state index contributed by atoms with van der Waals surface area (Å²) < 4.78 is 0. The molecular formula is C22H35NO2. The van der Waals surface area contributed by atoms with Crippen LogP contribution in [0.4, 0.5) is 0 Å². The number of hydrogen-bond acceptors (Lipinski definition) is 2. The summed E-state index contributed by atoms with van der Waals surface area (Å²) in [5.41, 5.74) is 1.48. The molecule has 0 aromatic heterocycles. The molecule has 0 saturated carbocycles. The maximum Gasteiger partial charge on any atom is 0.303 e. The normalized spacial score (nSPS) is 23.8. The Bertz CT molecular complexity index is 498. The lowest BCUT2D eigenvalue weighted by atomic mass is 9.90. The Morgan fingerprint density at radius 2 is 1.72 bits per heavy atom. The number of carbonyl (C=O) groups is 1. The lowest BCUT2D eigenvalue weighted by Crippen LogP contribution is -2.38. The fourth-order valence-corrected chi connectivity index (χ4v) is 4.35. The van der Waals surface area contributed by atoms with Gasteiger partial charge in [-0.05, 0) is 43.1 Å². The molecular weight excluding hydrogens is 310 g/mol. The second kappa shape index (κ2) is 9.96. The number of carboxylic acids is 1. The molecule has 2 bridgehead atoms. The summed E-state index contributed by atoms with van der Waals surface area (Å²) in [5, 5.41) is 8.46. The highest BCUT2D eigenvalue weighted by Gasteiger charge is 2.35. The molecule has 3 heteroatoms. The van der Waals surface area contributed by atoms with Gasteiger partial charge in [-0.25, -0.2) is 0 Å². The zero-order chi connectivity index (χ0) is 18.2. The molecule has 140 valence electrons. The third kappa shape index (κ3) is 6.14. The van der Waals surface area contributed by atoms with Crippen molar-refractivity contribution in [1.82, 2.24) is 4.90 Å². The monoisotopic (exact) mass is 345 g/mol. The Labute approximate surface area is 153 Å². The molecule has 3 unspecified atom stereocenters. The minimum Gasteiger partial charge on any atom is -0.481 e. The van der Waals surface area contributed by atoms with Gasteiger partial charge in [0.15, 0.2) is 0 Å². The number of hydrogen-bond donors (Lipinski definition) is 1. The van der Waals surface area contributed by atoms with Crippen molar-refractivity contribution in [2.45, 2.75) is 84.3 Å². The van der Waals surface area contributed by atoms with E-state index in [9.17, 15) is 4.79 Å². The van der Waals surface area contributed by atoms with Crippen LogP contribution < -0.4 is 0 Å². The Hall–Kier alpha value is -1.35. The zero-order valence-corrected chi connectivity index (χ0v) is 16.2. The Kier molecular flexibility index (Phi) is 7.95. The van der Waals surface area contributed by atoms with Crippen LogP contribution in [0, 0.1) is 11.8 Å². The van der Waals surface area contributed by atoms with E-state index in [1.165, 1.54) is 44.2 Å². The van der Waals surface area contributed by atoms with E-state index in [2.05, 4.69) is 49.1 Å². The molecule has 0 spiro atoms. The summed E-state index contributed by atoms with van der Waals surface area (Å²) >= 11 is 0. The fraction of sp³-hybridized carbons (Fsp3) is 0.682. The molecule has 1 aromatic rings. The Balaban J connectivity index is 0.000000199. The van der Waals surface area contributed by atoms with Crippen molar-refractivity contribution < 1.29 is 9.90 Å². The number of fused-ring (bicyclic) bond motifs is 2. The first-order chi connectivity index (χ1) is 12.0. The molecule has 3 rings (SSSR count). The number of benzene rings is 1. The van der Waals surface area contributed by atoms with Gasteiger partial charge in [-0.15, -0.1) is 0 Å². The van der Waals surface area contributed by atoms with Gasteiger partial charge in [-0.3, -0.25) is 9.69 Å². The summed E-state index contributed by atoms with van der Waals surface area (Å²) in [6.07, 6.45) is 8.49. The van der Waals surface area contributed by atoms with Crippen molar-refractivity contribution in [3.8, 4) is 0 Å². The first kappa shape index (κ1) is 20.0. The van der Waals surface area contributed by atoms with Crippen molar-refractivity contribution in [3.63, 3.8) is 0 Å². The minimum atomic E-state index is -0.680. The van der Waals surface area contributed by atoms with Crippen molar-refractivity contribution in [2.24, 2.45) is 11.8 Å². The van der Waals surface area contributed by atoms with Crippen molar-refractivity contribution in [2.75, 3.05) is 0 Å². The summed E-state index contributed by atoms with van der Waals surface area (Å²) in [4.78, 5) is 13.0. The second-order valence-corrected chi connectivity index (χ2v) is 7.98. The number of aliphatic carboxylic acids is 1. The highest BCUT2D eigenvalue weighted by Crippen LogP contribution is 2.36. The molecule has 25 heavy (non-hydrogen) atoms. The van der Waals surface area contributed by atoms with Gasteiger partial charge in [0.1, 0.15) is 0 Å². The molecule has 1 N–H and O–H groups in total. The van der Waals surface area contributed by atoms with Gasteiger partial charge in [0, 0.05) is 25.0 Å². The lowest BCUT2D eigenvalue weighted by Gasteiger charge is -2.34. The van der Waals surface area contributed by atoms with Crippen LogP contribution in [0.1, 0.15) is 71.3 Å². The zero-order valence-electron chi connectivity index (χ0n) is 16.2. The van der Waals surface area contributed by atoms with Crippen molar-refractivity contribution in [1.29, 1.82) is 0 Å². The summed E-state index contributed by atoms with van der Waals surface area (Å²) in [6.45, 7) is 7.35. The summed E-state index contributed by atoms with van der Waals surface area (Å²) in [7, 11) is 0. The van der Waals surface area contributed by atoms with Crippen LogP contribution in [0.2, 0.25) is 0 Å². The van der Waals surface area contributed by atoms with Crippen LogP contribution >= 0.6 is 0 Å². The number of carboxylic acid groups (broad SMARTS) is 1. The van der Waals surface area contributed by atoms with Crippen LogP contribution in [-0.2, 0) is 11.3 Å². The van der Waals surface area contributed by atoms with Crippen LogP contribution in [-0.4, -0.2) is 28.1 Å². The Morgan fingerprint density at radius 1 is 1.12 bits per heavy atom. The van der Waals surface area contributed by atoms with Crippen molar-refractivity contribution in [3.05, 3.63) is 35.9 Å². The van der Waals surface area contributed by atoms with Crippen LogP contribution in [0.3, 0.4) is 0 Å². The summed E-state index contributed by atoms with van der Waals surface area (Å²) in [5.74, 6) is 0.152. The smallest absolute Gasteiger partial charge is 0.303 e. The first-order valence-corrected chi connectivity index (χ1v) is 10.0. The molecule has 1 aromatic carbocycles. The van der Waals surface area contributed by atoms with E-state index in [4.69, 9.17) is 5.11 Å². The molecule has 3 nitrogen and oxygen atoms in total. The molecule has 2 fully saturated rings. The highest BCUT2D eigenvalue weighted by molar-refractivity contribution is 5.67. The average Bonchev–Trinajstić information content (AvgIpc) is 2.82. The minimum absolute atomic E-state index is 0.314. The SMILES string of the molecule is CCC(CC(=O)O)C(C)C.c1ccc(CN2C3CCCC2CC3)cc1. The standard InChI is InChI=1S/C14H19N.C8H16O2/c1-2-5-12(6-3-1)11-15-13-7-4-8-14(15)10-9-13;1-4-7(6(2)3)5-8(9)10/h1-3,5-6,13-14H,4,7-11H2;6-7H,4-5H2,1-3H3,(H,9,10). The molecule has 2 heterocycles. The molecule has 0 amide bonds. The van der Waals surface area contributed by atoms with Gasteiger partial charge < -0.3 is 5.11 Å². The fourth-order valence-electron chi connectivity index (χ4n) is 4.35. The van der Waals surface area contributed by atoms with E-state index in [0.717, 1.165) is 18.5 Å². The highest BCUT2D eigenvalue weighted by atomic mass is 16.4. The van der Waals surface area contributed by atoms with E-state index in [1.54, 1.807) is 0 Å². The molecule has 0 aliphatic carbocycles. The van der Waals surface area contributed by atoms with Crippen LogP contribution in [0.15, 0.2) is 30.3 Å². The molecule has 2 saturated heterocycles. The third-order valence-corrected chi connectivity index (χ3v) is 5.96. The largest absolute Gasteiger partial charge is 0.481 e. The third-order valence-electron chi connectivity index (χ3n) is 5.96. The predicted octanol–water partition coefficient (Wildman–Crippen LogP) is 5.35.